The van der Waals surface area contributed by atoms with Crippen LogP contribution in [0.5, 0.6) is 0 Å². The van der Waals surface area contributed by atoms with Crippen LogP contribution in [0.3, 0.4) is 0 Å². The predicted octanol–water partition coefficient (Wildman–Crippen LogP) is 8.95. The Labute approximate surface area is 209 Å². The Morgan fingerprint density at radius 1 is 0.486 bits per heavy atom. The molecule has 1 aromatic heterocycles. The molecule has 2 nitrogen and oxygen atoms in total. The molecule has 5 aromatic carbocycles. The van der Waals surface area contributed by atoms with E-state index >= 15 is 0 Å². The molecule has 0 aliphatic carbocycles. The minimum Gasteiger partial charge on any atom is -0.228 e. The zero-order valence-electron chi connectivity index (χ0n) is 18.9. The van der Waals surface area contributed by atoms with Crippen LogP contribution in [0, 0.1) is 0 Å². The van der Waals surface area contributed by atoms with E-state index in [9.17, 15) is 0 Å². The quantitative estimate of drug-likeness (QED) is 0.258. The number of benzene rings is 5. The summed E-state index contributed by atoms with van der Waals surface area (Å²) < 4.78 is 0. The summed E-state index contributed by atoms with van der Waals surface area (Å²) in [5.74, 6) is 0.671. The zero-order valence-corrected chi connectivity index (χ0v) is 19.7. The largest absolute Gasteiger partial charge is 0.228 e. The second-order valence-corrected chi connectivity index (χ2v) is 8.79. The molecule has 3 heteroatoms. The highest BCUT2D eigenvalue weighted by Gasteiger charge is 2.17. The number of nitrogens with zero attached hydrogens (tertiary/aromatic N) is 2. The number of aromatic nitrogens is 2. The van der Waals surface area contributed by atoms with Gasteiger partial charge in [-0.15, -0.1) is 0 Å². The van der Waals surface area contributed by atoms with Gasteiger partial charge in [0.05, 0.1) is 11.4 Å². The van der Waals surface area contributed by atoms with E-state index in [1.807, 2.05) is 66.7 Å². The highest BCUT2D eigenvalue weighted by Crippen LogP contribution is 2.39. The fourth-order valence-electron chi connectivity index (χ4n) is 4.51. The Balaban J connectivity index is 1.67. The van der Waals surface area contributed by atoms with Gasteiger partial charge in [-0.2, -0.15) is 0 Å². The Kier molecular flexibility index (Phi) is 5.57. The summed E-state index contributed by atoms with van der Waals surface area (Å²) >= 11 is 6.60. The molecular formula is C32H21ClN2. The minimum absolute atomic E-state index is 0.665. The molecule has 0 atom stereocenters. The first kappa shape index (κ1) is 21.3. The zero-order chi connectivity index (χ0) is 23.6. The Morgan fingerprint density at radius 2 is 1.09 bits per heavy atom. The van der Waals surface area contributed by atoms with Gasteiger partial charge in [-0.1, -0.05) is 127 Å². The molecule has 6 aromatic rings. The van der Waals surface area contributed by atoms with Gasteiger partial charge < -0.3 is 0 Å². The van der Waals surface area contributed by atoms with Gasteiger partial charge in [0.1, 0.15) is 0 Å². The summed E-state index contributed by atoms with van der Waals surface area (Å²) in [6, 6.07) is 43.3. The normalized spacial score (nSPS) is 11.0. The van der Waals surface area contributed by atoms with Crippen LogP contribution >= 0.6 is 11.6 Å². The van der Waals surface area contributed by atoms with Crippen molar-refractivity contribution in [3.05, 3.63) is 132 Å². The average Bonchev–Trinajstić information content (AvgIpc) is 2.93. The van der Waals surface area contributed by atoms with Crippen molar-refractivity contribution in [1.82, 2.24) is 9.97 Å². The molecule has 0 unspecified atom stereocenters. The highest BCUT2D eigenvalue weighted by atomic mass is 35.5. The van der Waals surface area contributed by atoms with Crippen molar-refractivity contribution in [2.24, 2.45) is 0 Å². The number of halogens is 1. The van der Waals surface area contributed by atoms with Gasteiger partial charge in [0.15, 0.2) is 5.82 Å². The van der Waals surface area contributed by atoms with E-state index in [4.69, 9.17) is 21.6 Å². The van der Waals surface area contributed by atoms with Crippen LogP contribution in [0.25, 0.3) is 55.8 Å². The summed E-state index contributed by atoms with van der Waals surface area (Å²) in [4.78, 5) is 10.00. The lowest BCUT2D eigenvalue weighted by atomic mass is 9.91. The van der Waals surface area contributed by atoms with E-state index in [1.54, 1.807) is 0 Å². The molecule has 0 saturated heterocycles. The molecule has 6 rings (SSSR count). The van der Waals surface area contributed by atoms with Gasteiger partial charge in [-0.3, -0.25) is 0 Å². The Morgan fingerprint density at radius 3 is 1.83 bits per heavy atom. The van der Waals surface area contributed by atoms with Crippen molar-refractivity contribution in [3.63, 3.8) is 0 Å². The first-order valence-electron chi connectivity index (χ1n) is 11.5. The maximum absolute atomic E-state index is 6.60. The summed E-state index contributed by atoms with van der Waals surface area (Å²) in [5, 5.41) is 3.05. The van der Waals surface area contributed by atoms with Gasteiger partial charge in [0, 0.05) is 21.7 Å². The number of hydrogen-bond acceptors (Lipinski definition) is 2. The smallest absolute Gasteiger partial charge is 0.160 e. The molecule has 0 N–H and O–H groups in total. The molecule has 1 heterocycles. The third kappa shape index (κ3) is 4.09. The molecule has 0 amide bonds. The third-order valence-corrected chi connectivity index (χ3v) is 6.50. The van der Waals surface area contributed by atoms with Crippen LogP contribution < -0.4 is 0 Å². The molecule has 0 aliphatic rings. The van der Waals surface area contributed by atoms with Crippen molar-refractivity contribution < 1.29 is 0 Å². The summed E-state index contributed by atoms with van der Waals surface area (Å²) in [6.07, 6.45) is 0. The lowest BCUT2D eigenvalue weighted by molar-refractivity contribution is 1.18. The van der Waals surface area contributed by atoms with E-state index in [2.05, 4.69) is 60.7 Å². The van der Waals surface area contributed by atoms with Gasteiger partial charge in [-0.25, -0.2) is 9.97 Å². The van der Waals surface area contributed by atoms with Crippen LogP contribution in [-0.4, -0.2) is 9.97 Å². The molecule has 0 aliphatic heterocycles. The molecule has 0 spiro atoms. The molecular weight excluding hydrogens is 448 g/mol. The SMILES string of the molecule is Clc1ccccc1-c1cc(-c2ccc3ccccc3c2-c2ccccc2)nc(-c2ccccc2)n1. The van der Waals surface area contributed by atoms with Crippen molar-refractivity contribution in [1.29, 1.82) is 0 Å². The number of fused-ring (bicyclic) bond motifs is 1. The van der Waals surface area contributed by atoms with E-state index in [1.165, 1.54) is 10.8 Å². The van der Waals surface area contributed by atoms with Crippen LogP contribution in [0.2, 0.25) is 5.02 Å². The predicted molar refractivity (Wildman–Crippen MR) is 146 cm³/mol. The monoisotopic (exact) mass is 468 g/mol. The first-order valence-corrected chi connectivity index (χ1v) is 11.9. The minimum atomic E-state index is 0.665. The fourth-order valence-corrected chi connectivity index (χ4v) is 4.74. The van der Waals surface area contributed by atoms with Crippen LogP contribution in [0.4, 0.5) is 0 Å². The second-order valence-electron chi connectivity index (χ2n) is 8.38. The van der Waals surface area contributed by atoms with Gasteiger partial charge in [0.2, 0.25) is 0 Å². The lowest BCUT2D eigenvalue weighted by Crippen LogP contribution is -1.97. The Bertz CT molecular complexity index is 1640. The van der Waals surface area contributed by atoms with Gasteiger partial charge in [-0.05, 0) is 34.0 Å². The molecule has 0 radical (unpaired) electrons. The van der Waals surface area contributed by atoms with Crippen molar-refractivity contribution in [3.8, 4) is 45.0 Å². The van der Waals surface area contributed by atoms with Gasteiger partial charge >= 0.3 is 0 Å². The molecule has 0 saturated carbocycles. The highest BCUT2D eigenvalue weighted by molar-refractivity contribution is 6.33. The topological polar surface area (TPSA) is 25.8 Å². The van der Waals surface area contributed by atoms with E-state index < -0.39 is 0 Å². The molecule has 35 heavy (non-hydrogen) atoms. The third-order valence-electron chi connectivity index (χ3n) is 6.18. The standard InChI is InChI=1S/C32H21ClN2/c33-28-18-10-9-17-26(28)29-21-30(35-32(34-29)24-14-5-2-6-15-24)27-20-19-22-11-7-8-16-25(22)31(27)23-12-3-1-4-13-23/h1-21H. The van der Waals surface area contributed by atoms with Crippen LogP contribution in [0.1, 0.15) is 0 Å². The summed E-state index contributed by atoms with van der Waals surface area (Å²) in [7, 11) is 0. The van der Waals surface area contributed by atoms with E-state index in [0.29, 0.717) is 10.8 Å². The second kappa shape index (κ2) is 9.17. The average molecular weight is 469 g/mol. The van der Waals surface area contributed by atoms with Crippen molar-refractivity contribution in [2.75, 3.05) is 0 Å². The van der Waals surface area contributed by atoms with Gasteiger partial charge in [0.25, 0.3) is 0 Å². The first-order chi connectivity index (χ1) is 17.3. The van der Waals surface area contributed by atoms with Crippen molar-refractivity contribution in [2.45, 2.75) is 0 Å². The molecule has 0 bridgehead atoms. The van der Waals surface area contributed by atoms with Crippen molar-refractivity contribution >= 4 is 22.4 Å². The maximum atomic E-state index is 6.60. The Hall–Kier alpha value is -4.27. The number of hydrogen-bond donors (Lipinski definition) is 0. The summed E-state index contributed by atoms with van der Waals surface area (Å²) in [5.41, 5.74) is 6.87. The maximum Gasteiger partial charge on any atom is 0.160 e. The number of rotatable bonds is 4. The molecule has 0 fully saturated rings. The van der Waals surface area contributed by atoms with E-state index in [0.717, 1.165) is 39.2 Å². The van der Waals surface area contributed by atoms with Crippen LogP contribution in [0.15, 0.2) is 127 Å². The van der Waals surface area contributed by atoms with Crippen LogP contribution in [-0.2, 0) is 0 Å². The summed E-state index contributed by atoms with van der Waals surface area (Å²) in [6.45, 7) is 0. The lowest BCUT2D eigenvalue weighted by Gasteiger charge is -2.15. The molecule has 166 valence electrons. The fraction of sp³-hybridized carbons (Fsp3) is 0. The van der Waals surface area contributed by atoms with E-state index in [-0.39, 0.29) is 0 Å².